The van der Waals surface area contributed by atoms with E-state index in [-0.39, 0.29) is 11.9 Å². The Kier molecular flexibility index (Phi) is 6.20. The molecule has 0 aliphatic carbocycles. The van der Waals surface area contributed by atoms with E-state index in [9.17, 15) is 5.11 Å². The van der Waals surface area contributed by atoms with Gasteiger partial charge in [-0.2, -0.15) is 9.61 Å². The second kappa shape index (κ2) is 8.59. The van der Waals surface area contributed by atoms with Crippen LogP contribution in [0.25, 0.3) is 4.96 Å². The maximum atomic E-state index is 10.8. The average Bonchev–Trinajstić information content (AvgIpc) is 3.22. The van der Waals surface area contributed by atoms with E-state index < -0.39 is 0 Å². The quantitative estimate of drug-likeness (QED) is 0.619. The highest BCUT2D eigenvalue weighted by molar-refractivity contribution is 7.17. The molecule has 140 valence electrons. The first-order valence-electron chi connectivity index (χ1n) is 8.46. The van der Waals surface area contributed by atoms with E-state index in [0.717, 1.165) is 16.0 Å². The molecule has 0 saturated heterocycles. The molecule has 0 amide bonds. The molecule has 0 spiro atoms. The molecule has 1 atom stereocenters. The van der Waals surface area contributed by atoms with E-state index in [2.05, 4.69) is 34.0 Å². The summed E-state index contributed by atoms with van der Waals surface area (Å²) in [6.45, 7) is 4.69. The normalized spacial score (nSPS) is 12.9. The molecule has 0 aliphatic heterocycles. The van der Waals surface area contributed by atoms with E-state index in [4.69, 9.17) is 9.47 Å². The van der Waals surface area contributed by atoms with E-state index >= 15 is 0 Å². The second-order valence-electron chi connectivity index (χ2n) is 6.03. The van der Waals surface area contributed by atoms with Gasteiger partial charge in [0.25, 0.3) is 0 Å². The van der Waals surface area contributed by atoms with Crippen molar-refractivity contribution in [2.45, 2.75) is 13.0 Å². The number of thiazole rings is 1. The monoisotopic (exact) mass is 376 g/mol. The van der Waals surface area contributed by atoms with Crippen molar-refractivity contribution in [1.82, 2.24) is 19.5 Å². The van der Waals surface area contributed by atoms with Crippen molar-refractivity contribution in [2.24, 2.45) is 0 Å². The second-order valence-corrected chi connectivity index (χ2v) is 7.03. The minimum atomic E-state index is -0.130. The van der Waals surface area contributed by atoms with Crippen molar-refractivity contribution < 1.29 is 14.6 Å². The number of methoxy groups -OCH3 is 2. The van der Waals surface area contributed by atoms with Crippen LogP contribution in [0, 0.1) is 6.92 Å². The Morgan fingerprint density at radius 3 is 2.50 bits per heavy atom. The molecule has 3 rings (SSSR count). The van der Waals surface area contributed by atoms with Gasteiger partial charge >= 0.3 is 0 Å². The van der Waals surface area contributed by atoms with Gasteiger partial charge in [-0.05, 0) is 18.1 Å². The lowest BCUT2D eigenvalue weighted by Crippen LogP contribution is -2.35. The molecule has 7 nitrogen and oxygen atoms in total. The predicted octanol–water partition coefficient (Wildman–Crippen LogP) is 2.49. The molecule has 26 heavy (non-hydrogen) atoms. The molecular formula is C18H24N4O3S. The van der Waals surface area contributed by atoms with Gasteiger partial charge in [-0.15, -0.1) is 0 Å². The molecule has 0 saturated carbocycles. The molecule has 2 heterocycles. The summed E-state index contributed by atoms with van der Waals surface area (Å²) in [4.78, 5) is 7.99. The van der Waals surface area contributed by atoms with E-state index in [1.165, 1.54) is 22.2 Å². The Labute approximate surface area is 156 Å². The smallest absolute Gasteiger partial charge is 0.230 e. The van der Waals surface area contributed by atoms with Gasteiger partial charge in [-0.3, -0.25) is 4.90 Å². The fourth-order valence-electron chi connectivity index (χ4n) is 3.06. The molecule has 8 heteroatoms. The molecule has 0 bridgehead atoms. The Morgan fingerprint density at radius 2 is 1.88 bits per heavy atom. The lowest BCUT2D eigenvalue weighted by Gasteiger charge is -2.32. The van der Waals surface area contributed by atoms with Crippen LogP contribution in [0.4, 0.5) is 0 Å². The van der Waals surface area contributed by atoms with Crippen LogP contribution in [0.3, 0.4) is 0 Å². The lowest BCUT2D eigenvalue weighted by molar-refractivity contribution is 0.0971. The summed E-state index contributed by atoms with van der Waals surface area (Å²) in [6.07, 6.45) is 1.45. The molecule has 3 aromatic rings. The summed E-state index contributed by atoms with van der Waals surface area (Å²) in [5.41, 5.74) is 2.30. The SMILES string of the molecule is COCCN(CCOC)C(c1ccccc1C)c1sc2ncnn2c1O. The maximum Gasteiger partial charge on any atom is 0.230 e. The number of hydrogen-bond acceptors (Lipinski definition) is 7. The molecule has 1 aromatic carbocycles. The summed E-state index contributed by atoms with van der Waals surface area (Å²) < 4.78 is 12.1. The zero-order chi connectivity index (χ0) is 18.5. The Bertz CT molecular complexity index is 840. The number of benzene rings is 1. The van der Waals surface area contributed by atoms with Gasteiger partial charge in [0, 0.05) is 27.3 Å². The number of aromatic nitrogens is 3. The first-order chi connectivity index (χ1) is 12.7. The van der Waals surface area contributed by atoms with Gasteiger partial charge in [0.15, 0.2) is 0 Å². The van der Waals surface area contributed by atoms with Crippen molar-refractivity contribution >= 4 is 16.3 Å². The summed E-state index contributed by atoms with van der Waals surface area (Å²) in [7, 11) is 3.38. The van der Waals surface area contributed by atoms with Crippen LogP contribution in [-0.4, -0.2) is 65.1 Å². The molecule has 0 fully saturated rings. The average molecular weight is 376 g/mol. The number of hydrogen-bond donors (Lipinski definition) is 1. The van der Waals surface area contributed by atoms with Crippen LogP contribution in [-0.2, 0) is 9.47 Å². The molecule has 2 aromatic heterocycles. The summed E-state index contributed by atoms with van der Waals surface area (Å²) in [5.74, 6) is 0.135. The predicted molar refractivity (Wildman–Crippen MR) is 101 cm³/mol. The van der Waals surface area contributed by atoms with Crippen molar-refractivity contribution in [3.05, 3.63) is 46.6 Å². The minimum Gasteiger partial charge on any atom is -0.492 e. The summed E-state index contributed by atoms with van der Waals surface area (Å²) in [5, 5.41) is 14.9. The van der Waals surface area contributed by atoms with Crippen LogP contribution in [0.5, 0.6) is 5.88 Å². The summed E-state index contributed by atoms with van der Waals surface area (Å²) >= 11 is 1.45. The molecular weight excluding hydrogens is 352 g/mol. The van der Waals surface area contributed by atoms with Crippen LogP contribution < -0.4 is 0 Å². The van der Waals surface area contributed by atoms with E-state index in [1.54, 1.807) is 14.2 Å². The van der Waals surface area contributed by atoms with Crippen molar-refractivity contribution in [1.29, 1.82) is 0 Å². The number of ether oxygens (including phenoxy) is 2. The van der Waals surface area contributed by atoms with Crippen LogP contribution in [0.1, 0.15) is 22.0 Å². The number of aromatic hydroxyl groups is 1. The number of rotatable bonds is 9. The Balaban J connectivity index is 2.09. The maximum absolute atomic E-state index is 10.8. The van der Waals surface area contributed by atoms with Crippen LogP contribution in [0.15, 0.2) is 30.6 Å². The zero-order valence-corrected chi connectivity index (χ0v) is 16.1. The zero-order valence-electron chi connectivity index (χ0n) is 15.3. The largest absolute Gasteiger partial charge is 0.492 e. The Hall–Kier alpha value is -2.00. The highest BCUT2D eigenvalue weighted by Crippen LogP contribution is 2.40. The van der Waals surface area contributed by atoms with Gasteiger partial charge in [-0.1, -0.05) is 35.6 Å². The molecule has 1 N–H and O–H groups in total. The molecule has 1 unspecified atom stereocenters. The van der Waals surface area contributed by atoms with Gasteiger partial charge < -0.3 is 14.6 Å². The van der Waals surface area contributed by atoms with Gasteiger partial charge in [0.2, 0.25) is 10.8 Å². The third-order valence-corrected chi connectivity index (χ3v) is 5.49. The molecule has 0 aliphatic rings. The standard InChI is InChI=1S/C18H24N4O3S/c1-13-6-4-5-7-14(13)15(21(8-10-24-2)9-11-25-3)16-17(23)22-18(26-16)19-12-20-22/h4-7,12,15,23H,8-11H2,1-3H3. The van der Waals surface area contributed by atoms with Gasteiger partial charge in [0.1, 0.15) is 6.33 Å². The first kappa shape index (κ1) is 18.8. The Morgan fingerprint density at radius 1 is 1.19 bits per heavy atom. The van der Waals surface area contributed by atoms with Crippen LogP contribution in [0.2, 0.25) is 0 Å². The fraction of sp³-hybridized carbons (Fsp3) is 0.444. The highest BCUT2D eigenvalue weighted by Gasteiger charge is 2.29. The number of aryl methyl sites for hydroxylation is 1. The van der Waals surface area contributed by atoms with E-state index in [0.29, 0.717) is 31.3 Å². The highest BCUT2D eigenvalue weighted by atomic mass is 32.1. The van der Waals surface area contributed by atoms with Crippen molar-refractivity contribution in [2.75, 3.05) is 40.5 Å². The molecule has 0 radical (unpaired) electrons. The number of nitrogens with zero attached hydrogens (tertiary/aromatic N) is 4. The van der Waals surface area contributed by atoms with Crippen molar-refractivity contribution in [3.8, 4) is 5.88 Å². The van der Waals surface area contributed by atoms with Crippen LogP contribution >= 0.6 is 11.3 Å². The first-order valence-corrected chi connectivity index (χ1v) is 9.27. The third-order valence-electron chi connectivity index (χ3n) is 4.40. The third kappa shape index (κ3) is 3.73. The van der Waals surface area contributed by atoms with Gasteiger partial charge in [-0.25, -0.2) is 4.98 Å². The van der Waals surface area contributed by atoms with E-state index in [1.807, 2.05) is 12.1 Å². The van der Waals surface area contributed by atoms with Gasteiger partial charge in [0.05, 0.1) is 24.1 Å². The fourth-order valence-corrected chi connectivity index (χ4v) is 4.14. The summed E-state index contributed by atoms with van der Waals surface area (Å²) in [6, 6.07) is 8.10. The lowest BCUT2D eigenvalue weighted by atomic mass is 9.98. The topological polar surface area (TPSA) is 72.1 Å². The number of fused-ring (bicyclic) bond motifs is 1. The minimum absolute atomic E-state index is 0.130. The van der Waals surface area contributed by atoms with Crippen molar-refractivity contribution in [3.63, 3.8) is 0 Å².